The second kappa shape index (κ2) is 9.28. The quantitative estimate of drug-likeness (QED) is 0.697. The number of hydrogen-bond donors (Lipinski definition) is 2. The molecule has 1 heterocycles. The van der Waals surface area contributed by atoms with E-state index in [1.54, 1.807) is 6.92 Å². The van der Waals surface area contributed by atoms with Gasteiger partial charge in [-0.3, -0.25) is 9.69 Å². The number of carbonyl (C=O) groups excluding carboxylic acids is 1. The van der Waals surface area contributed by atoms with Crippen LogP contribution in [0.25, 0.3) is 0 Å². The Kier molecular flexibility index (Phi) is 7.37. The van der Waals surface area contributed by atoms with Crippen LogP contribution in [-0.2, 0) is 19.6 Å². The highest BCUT2D eigenvalue weighted by molar-refractivity contribution is 7.89. The Morgan fingerprint density at radius 2 is 1.88 bits per heavy atom. The van der Waals surface area contributed by atoms with Crippen molar-refractivity contribution in [2.45, 2.75) is 25.9 Å². The summed E-state index contributed by atoms with van der Waals surface area (Å²) in [7, 11) is -3.43. The maximum Gasteiger partial charge on any atom is 0.238 e. The van der Waals surface area contributed by atoms with Crippen LogP contribution in [0.3, 0.4) is 0 Å². The first-order valence-electron chi connectivity index (χ1n) is 8.56. The number of carbonyl (C=O) groups is 1. The van der Waals surface area contributed by atoms with E-state index in [0.717, 1.165) is 18.7 Å². The molecule has 2 rings (SSSR count). The zero-order chi connectivity index (χ0) is 18.3. The van der Waals surface area contributed by atoms with Crippen molar-refractivity contribution in [1.29, 1.82) is 0 Å². The van der Waals surface area contributed by atoms with E-state index in [9.17, 15) is 13.2 Å². The van der Waals surface area contributed by atoms with Crippen LogP contribution in [0.2, 0.25) is 0 Å². The summed E-state index contributed by atoms with van der Waals surface area (Å²) in [6.45, 7) is 6.75. The van der Waals surface area contributed by atoms with Crippen LogP contribution in [0, 0.1) is 0 Å². The Morgan fingerprint density at radius 1 is 1.24 bits per heavy atom. The summed E-state index contributed by atoms with van der Waals surface area (Å²) < 4.78 is 31.1. The molecule has 1 saturated heterocycles. The molecule has 7 nitrogen and oxygen atoms in total. The van der Waals surface area contributed by atoms with E-state index in [0.29, 0.717) is 19.8 Å². The minimum absolute atomic E-state index is 0.0550. The fourth-order valence-corrected chi connectivity index (χ4v) is 3.48. The third-order valence-electron chi connectivity index (χ3n) is 4.19. The minimum atomic E-state index is -3.43. The van der Waals surface area contributed by atoms with Crippen LogP contribution in [0.5, 0.6) is 0 Å². The normalized spacial score (nSPS) is 18.5. The molecule has 1 aliphatic heterocycles. The molecule has 25 heavy (non-hydrogen) atoms. The third-order valence-corrected chi connectivity index (χ3v) is 5.67. The minimum Gasteiger partial charge on any atom is -0.379 e. The van der Waals surface area contributed by atoms with E-state index >= 15 is 0 Å². The van der Waals surface area contributed by atoms with Crippen molar-refractivity contribution in [3.63, 3.8) is 0 Å². The molecule has 140 valence electrons. The van der Waals surface area contributed by atoms with Gasteiger partial charge >= 0.3 is 0 Å². The van der Waals surface area contributed by atoms with Gasteiger partial charge in [0.25, 0.3) is 0 Å². The summed E-state index contributed by atoms with van der Waals surface area (Å²) in [5, 5.41) is 2.98. The van der Waals surface area contributed by atoms with Gasteiger partial charge in [-0.25, -0.2) is 13.1 Å². The molecule has 2 atom stereocenters. The molecular weight excluding hydrogens is 342 g/mol. The summed E-state index contributed by atoms with van der Waals surface area (Å²) in [5.41, 5.74) is 0.993. The molecule has 1 aromatic rings. The lowest BCUT2D eigenvalue weighted by atomic mass is 10.1. The molecule has 2 N–H and O–H groups in total. The number of benzene rings is 1. The average molecular weight is 369 g/mol. The SMILES string of the molecule is CCS(=O)(=O)N[C@H](C)C(=O)N[C@@H](CN1CCOCC1)c1ccccc1. The molecular formula is C17H27N3O4S. The van der Waals surface area contributed by atoms with Crippen molar-refractivity contribution in [2.75, 3.05) is 38.6 Å². The summed E-state index contributed by atoms with van der Waals surface area (Å²) in [4.78, 5) is 14.7. The number of morpholine rings is 1. The number of nitrogens with zero attached hydrogens (tertiary/aromatic N) is 1. The number of ether oxygens (including phenoxy) is 1. The first-order valence-corrected chi connectivity index (χ1v) is 10.2. The topological polar surface area (TPSA) is 87.7 Å². The van der Waals surface area contributed by atoms with Gasteiger partial charge in [-0.2, -0.15) is 0 Å². The maximum absolute atomic E-state index is 12.5. The molecule has 0 bridgehead atoms. The highest BCUT2D eigenvalue weighted by Gasteiger charge is 2.24. The number of nitrogens with one attached hydrogen (secondary N) is 2. The van der Waals surface area contributed by atoms with Gasteiger partial charge in [-0.05, 0) is 19.4 Å². The van der Waals surface area contributed by atoms with E-state index in [-0.39, 0.29) is 17.7 Å². The standard InChI is InChI=1S/C17H27N3O4S/c1-3-25(22,23)19-14(2)17(21)18-16(15-7-5-4-6-8-15)13-20-9-11-24-12-10-20/h4-8,14,16,19H,3,9-13H2,1-2H3,(H,18,21)/t14-,16+/m1/s1. The third kappa shape index (κ3) is 6.39. The zero-order valence-corrected chi connectivity index (χ0v) is 15.6. The molecule has 1 aliphatic rings. The first kappa shape index (κ1) is 19.8. The van der Waals surface area contributed by atoms with Crippen LogP contribution >= 0.6 is 0 Å². The molecule has 8 heteroatoms. The fourth-order valence-electron chi connectivity index (χ4n) is 2.66. The molecule has 1 amide bonds. The average Bonchev–Trinajstić information content (AvgIpc) is 2.62. The van der Waals surface area contributed by atoms with E-state index in [2.05, 4.69) is 14.9 Å². The van der Waals surface area contributed by atoms with Crippen molar-refractivity contribution >= 4 is 15.9 Å². The molecule has 0 unspecified atom stereocenters. The van der Waals surface area contributed by atoms with Crippen LogP contribution in [0.15, 0.2) is 30.3 Å². The highest BCUT2D eigenvalue weighted by Crippen LogP contribution is 2.15. The van der Waals surface area contributed by atoms with Crippen LogP contribution < -0.4 is 10.0 Å². The molecule has 1 fully saturated rings. The lowest BCUT2D eigenvalue weighted by Crippen LogP contribution is -2.49. The van der Waals surface area contributed by atoms with Gasteiger partial charge in [0.1, 0.15) is 0 Å². The van der Waals surface area contributed by atoms with Crippen molar-refractivity contribution in [3.05, 3.63) is 35.9 Å². The van der Waals surface area contributed by atoms with Crippen molar-refractivity contribution in [1.82, 2.24) is 14.9 Å². The summed E-state index contributed by atoms with van der Waals surface area (Å²) in [5.74, 6) is -0.389. The maximum atomic E-state index is 12.5. The lowest BCUT2D eigenvalue weighted by molar-refractivity contribution is -0.123. The Labute approximate surface area is 149 Å². The van der Waals surface area contributed by atoms with Gasteiger partial charge in [0.05, 0.1) is 31.1 Å². The molecule has 0 spiro atoms. The van der Waals surface area contributed by atoms with Crippen LogP contribution in [-0.4, -0.2) is 63.9 Å². The number of sulfonamides is 1. The largest absolute Gasteiger partial charge is 0.379 e. The number of amides is 1. The summed E-state index contributed by atoms with van der Waals surface area (Å²) in [6, 6.07) is 8.68. The second-order valence-corrected chi connectivity index (χ2v) is 8.17. The predicted octanol–water partition coefficient (Wildman–Crippen LogP) is 0.504. The van der Waals surface area contributed by atoms with E-state index in [1.807, 2.05) is 30.3 Å². The van der Waals surface area contributed by atoms with Gasteiger partial charge < -0.3 is 10.1 Å². The summed E-state index contributed by atoms with van der Waals surface area (Å²) in [6.07, 6.45) is 0. The molecule has 0 aliphatic carbocycles. The fraction of sp³-hybridized carbons (Fsp3) is 0.588. The van der Waals surface area contributed by atoms with Gasteiger partial charge in [-0.1, -0.05) is 30.3 Å². The zero-order valence-electron chi connectivity index (χ0n) is 14.8. The Balaban J connectivity index is 2.05. The van der Waals surface area contributed by atoms with E-state index in [1.165, 1.54) is 6.92 Å². The van der Waals surface area contributed by atoms with Crippen molar-refractivity contribution in [3.8, 4) is 0 Å². The Hall–Kier alpha value is -1.48. The first-order chi connectivity index (χ1) is 11.9. The van der Waals surface area contributed by atoms with E-state index in [4.69, 9.17) is 4.74 Å². The predicted molar refractivity (Wildman–Crippen MR) is 96.6 cm³/mol. The molecule has 0 radical (unpaired) electrons. The van der Waals surface area contributed by atoms with Gasteiger partial charge in [0, 0.05) is 19.6 Å². The molecule has 0 aromatic heterocycles. The van der Waals surface area contributed by atoms with Crippen molar-refractivity contribution < 1.29 is 17.9 Å². The molecule has 0 saturated carbocycles. The smallest absolute Gasteiger partial charge is 0.238 e. The Bertz CT molecular complexity index is 645. The van der Waals surface area contributed by atoms with Gasteiger partial charge in [0.2, 0.25) is 15.9 Å². The summed E-state index contributed by atoms with van der Waals surface area (Å²) >= 11 is 0. The second-order valence-electron chi connectivity index (χ2n) is 6.13. The molecule has 1 aromatic carbocycles. The van der Waals surface area contributed by atoms with Crippen LogP contribution in [0.1, 0.15) is 25.5 Å². The number of rotatable bonds is 8. The van der Waals surface area contributed by atoms with Gasteiger partial charge in [0.15, 0.2) is 0 Å². The van der Waals surface area contributed by atoms with Crippen molar-refractivity contribution in [2.24, 2.45) is 0 Å². The van der Waals surface area contributed by atoms with Crippen LogP contribution in [0.4, 0.5) is 0 Å². The highest BCUT2D eigenvalue weighted by atomic mass is 32.2. The monoisotopic (exact) mass is 369 g/mol. The number of hydrogen-bond acceptors (Lipinski definition) is 5. The van der Waals surface area contributed by atoms with Gasteiger partial charge in [-0.15, -0.1) is 0 Å². The van der Waals surface area contributed by atoms with E-state index < -0.39 is 16.1 Å². The Morgan fingerprint density at radius 3 is 2.48 bits per heavy atom. The lowest BCUT2D eigenvalue weighted by Gasteiger charge is -2.31.